The molecule has 1 unspecified atom stereocenters. The molecule has 0 aromatic heterocycles. The summed E-state index contributed by atoms with van der Waals surface area (Å²) in [6, 6.07) is 19.8. The average Bonchev–Trinajstić information content (AvgIpc) is 2.93. The Morgan fingerprint density at radius 1 is 0.966 bits per heavy atom. The van der Waals surface area contributed by atoms with E-state index in [1.165, 1.54) is 0 Å². The van der Waals surface area contributed by atoms with Crippen LogP contribution in [-0.4, -0.2) is 48.6 Å². The Bertz CT molecular complexity index is 840. The van der Waals surface area contributed by atoms with Gasteiger partial charge in [-0.2, -0.15) is 0 Å². The van der Waals surface area contributed by atoms with Gasteiger partial charge in [0.05, 0.1) is 13.2 Å². The third kappa shape index (κ3) is 4.35. The first-order chi connectivity index (χ1) is 14.2. The number of morpholine rings is 1. The lowest BCUT2D eigenvalue weighted by Crippen LogP contribution is -2.61. The van der Waals surface area contributed by atoms with E-state index in [9.17, 15) is 9.59 Å². The van der Waals surface area contributed by atoms with Crippen molar-refractivity contribution < 1.29 is 14.3 Å². The maximum absolute atomic E-state index is 13.5. The second-order valence-corrected chi connectivity index (χ2v) is 7.89. The van der Waals surface area contributed by atoms with Gasteiger partial charge < -0.3 is 14.5 Å². The molecule has 2 fully saturated rings. The van der Waals surface area contributed by atoms with Crippen LogP contribution in [0.25, 0.3) is 0 Å². The quantitative estimate of drug-likeness (QED) is 0.801. The van der Waals surface area contributed by atoms with Gasteiger partial charge in [0.15, 0.2) is 5.60 Å². The van der Waals surface area contributed by atoms with Crippen LogP contribution < -0.4 is 4.90 Å². The maximum atomic E-state index is 13.5. The normalized spacial score (nSPS) is 22.6. The summed E-state index contributed by atoms with van der Waals surface area (Å²) in [4.78, 5) is 30.1. The molecule has 0 N–H and O–H groups in total. The fourth-order valence-corrected chi connectivity index (χ4v) is 4.32. The summed E-state index contributed by atoms with van der Waals surface area (Å²) in [5.74, 6) is 0.0848. The minimum Gasteiger partial charge on any atom is -0.361 e. The first kappa shape index (κ1) is 19.6. The molecule has 0 aliphatic carbocycles. The van der Waals surface area contributed by atoms with Crippen molar-refractivity contribution in [3.8, 4) is 0 Å². The highest BCUT2D eigenvalue weighted by Crippen LogP contribution is 2.32. The van der Waals surface area contributed by atoms with Crippen LogP contribution in [-0.2, 0) is 20.7 Å². The molecular formula is C24H28N2O3. The van der Waals surface area contributed by atoms with Crippen LogP contribution in [0.1, 0.15) is 31.2 Å². The van der Waals surface area contributed by atoms with Crippen LogP contribution in [0.15, 0.2) is 60.7 Å². The van der Waals surface area contributed by atoms with E-state index in [2.05, 4.69) is 0 Å². The Balaban J connectivity index is 1.47. The van der Waals surface area contributed by atoms with Crippen LogP contribution in [0.3, 0.4) is 0 Å². The number of hydrogen-bond acceptors (Lipinski definition) is 3. The lowest BCUT2D eigenvalue weighted by atomic mass is 9.93. The molecule has 5 nitrogen and oxygen atoms in total. The molecule has 2 aliphatic rings. The fourth-order valence-electron chi connectivity index (χ4n) is 4.32. The Labute approximate surface area is 172 Å². The molecule has 1 spiro atoms. The number of benzene rings is 2. The van der Waals surface area contributed by atoms with E-state index in [4.69, 9.17) is 4.74 Å². The summed E-state index contributed by atoms with van der Waals surface area (Å²) in [5.41, 5.74) is 1.13. The SMILES string of the molecule is O=C(CCc1ccccc1)N1CCOC2(CCCCN(c3ccccc3)C2=O)C1. The highest BCUT2D eigenvalue weighted by molar-refractivity contribution is 6.00. The van der Waals surface area contributed by atoms with Crippen molar-refractivity contribution in [2.75, 3.05) is 31.1 Å². The molecule has 1 atom stereocenters. The van der Waals surface area contributed by atoms with E-state index >= 15 is 0 Å². The van der Waals surface area contributed by atoms with E-state index in [1.54, 1.807) is 0 Å². The third-order valence-corrected chi connectivity index (χ3v) is 5.92. The molecule has 2 aromatic carbocycles. The van der Waals surface area contributed by atoms with Crippen molar-refractivity contribution in [1.82, 2.24) is 4.90 Å². The summed E-state index contributed by atoms with van der Waals surface area (Å²) in [7, 11) is 0. The van der Waals surface area contributed by atoms with Crippen LogP contribution in [0.2, 0.25) is 0 Å². The van der Waals surface area contributed by atoms with Crippen molar-refractivity contribution >= 4 is 17.5 Å². The minimum absolute atomic E-state index is 0.0123. The molecule has 0 saturated carbocycles. The Kier molecular flexibility index (Phi) is 5.95. The van der Waals surface area contributed by atoms with Crippen molar-refractivity contribution in [3.63, 3.8) is 0 Å². The zero-order chi connectivity index (χ0) is 20.1. The molecule has 29 heavy (non-hydrogen) atoms. The molecule has 2 amide bonds. The second kappa shape index (κ2) is 8.78. The standard InChI is InChI=1S/C24H28N2O3/c27-22(14-13-20-9-3-1-4-10-20)25-17-18-29-24(19-25)15-7-8-16-26(23(24)28)21-11-5-2-6-12-21/h1-6,9-12H,7-8,13-19H2. The smallest absolute Gasteiger partial charge is 0.261 e. The summed E-state index contributed by atoms with van der Waals surface area (Å²) in [6.45, 7) is 2.00. The van der Waals surface area contributed by atoms with Gasteiger partial charge in [-0.05, 0) is 43.4 Å². The number of carbonyl (C=O) groups is 2. The first-order valence-electron chi connectivity index (χ1n) is 10.5. The summed E-state index contributed by atoms with van der Waals surface area (Å²) >= 11 is 0. The highest BCUT2D eigenvalue weighted by Gasteiger charge is 2.47. The summed E-state index contributed by atoms with van der Waals surface area (Å²) < 4.78 is 6.11. The van der Waals surface area contributed by atoms with E-state index < -0.39 is 5.60 Å². The predicted molar refractivity (Wildman–Crippen MR) is 113 cm³/mol. The number of aryl methyl sites for hydroxylation is 1. The van der Waals surface area contributed by atoms with Gasteiger partial charge in [0.25, 0.3) is 5.91 Å². The van der Waals surface area contributed by atoms with Crippen LogP contribution in [0.5, 0.6) is 0 Å². The van der Waals surface area contributed by atoms with Crippen molar-refractivity contribution in [2.24, 2.45) is 0 Å². The number of para-hydroxylation sites is 1. The third-order valence-electron chi connectivity index (χ3n) is 5.92. The topological polar surface area (TPSA) is 49.9 Å². The number of hydrogen-bond donors (Lipinski definition) is 0. The monoisotopic (exact) mass is 392 g/mol. The molecule has 2 saturated heterocycles. The number of rotatable bonds is 4. The molecule has 152 valence electrons. The molecule has 2 aromatic rings. The highest BCUT2D eigenvalue weighted by atomic mass is 16.5. The van der Waals surface area contributed by atoms with Crippen molar-refractivity contribution in [3.05, 3.63) is 66.2 Å². The first-order valence-corrected chi connectivity index (χ1v) is 10.5. The van der Waals surface area contributed by atoms with Crippen LogP contribution in [0.4, 0.5) is 5.69 Å². The molecule has 0 radical (unpaired) electrons. The van der Waals surface area contributed by atoms with Gasteiger partial charge >= 0.3 is 0 Å². The molecular weight excluding hydrogens is 364 g/mol. The van der Waals surface area contributed by atoms with E-state index in [0.29, 0.717) is 45.5 Å². The second-order valence-electron chi connectivity index (χ2n) is 7.89. The van der Waals surface area contributed by atoms with E-state index in [-0.39, 0.29) is 11.8 Å². The zero-order valence-corrected chi connectivity index (χ0v) is 16.8. The lowest BCUT2D eigenvalue weighted by molar-refractivity contribution is -0.164. The molecule has 0 bridgehead atoms. The number of nitrogens with zero attached hydrogens (tertiary/aromatic N) is 2. The summed E-state index contributed by atoms with van der Waals surface area (Å²) in [5, 5.41) is 0. The van der Waals surface area contributed by atoms with Crippen molar-refractivity contribution in [1.29, 1.82) is 0 Å². The van der Waals surface area contributed by atoms with Gasteiger partial charge in [-0.3, -0.25) is 9.59 Å². The Morgan fingerprint density at radius 3 is 2.45 bits per heavy atom. The largest absolute Gasteiger partial charge is 0.361 e. The van der Waals surface area contributed by atoms with Gasteiger partial charge in [0, 0.05) is 25.2 Å². The van der Waals surface area contributed by atoms with Gasteiger partial charge in [0.2, 0.25) is 5.91 Å². The number of amides is 2. The molecule has 2 aliphatic heterocycles. The average molecular weight is 392 g/mol. The Morgan fingerprint density at radius 2 is 1.69 bits per heavy atom. The lowest BCUT2D eigenvalue weighted by Gasteiger charge is -2.42. The van der Waals surface area contributed by atoms with E-state index in [0.717, 1.165) is 24.1 Å². The zero-order valence-electron chi connectivity index (χ0n) is 16.8. The van der Waals surface area contributed by atoms with Gasteiger partial charge in [-0.1, -0.05) is 48.5 Å². The van der Waals surface area contributed by atoms with Crippen molar-refractivity contribution in [2.45, 2.75) is 37.7 Å². The van der Waals surface area contributed by atoms with Gasteiger partial charge in [-0.25, -0.2) is 0 Å². The number of ether oxygens (including phenoxy) is 1. The van der Waals surface area contributed by atoms with Crippen LogP contribution >= 0.6 is 0 Å². The molecule has 4 rings (SSSR count). The van der Waals surface area contributed by atoms with Crippen LogP contribution in [0, 0.1) is 0 Å². The minimum atomic E-state index is -0.924. The summed E-state index contributed by atoms with van der Waals surface area (Å²) in [6.07, 6.45) is 3.69. The fraction of sp³-hybridized carbons (Fsp3) is 0.417. The maximum Gasteiger partial charge on any atom is 0.261 e. The van der Waals surface area contributed by atoms with E-state index in [1.807, 2.05) is 70.5 Å². The predicted octanol–water partition coefficient (Wildman–Crippen LogP) is 3.43. The Hall–Kier alpha value is -2.66. The molecule has 2 heterocycles. The number of carbonyl (C=O) groups excluding carboxylic acids is 2. The van der Waals surface area contributed by atoms with Gasteiger partial charge in [-0.15, -0.1) is 0 Å². The molecule has 5 heteroatoms. The van der Waals surface area contributed by atoms with Gasteiger partial charge in [0.1, 0.15) is 0 Å². The number of anilines is 1.